The Kier molecular flexibility index (Phi) is 7.27. The molecular formula is C31H30N4O4. The average Bonchev–Trinajstić information content (AvgIpc) is 3.40. The molecule has 0 aliphatic carbocycles. The van der Waals surface area contributed by atoms with Crippen molar-refractivity contribution in [3.05, 3.63) is 119 Å². The summed E-state index contributed by atoms with van der Waals surface area (Å²) >= 11 is 0. The zero-order valence-corrected chi connectivity index (χ0v) is 21.8. The van der Waals surface area contributed by atoms with E-state index in [4.69, 9.17) is 0 Å². The van der Waals surface area contributed by atoms with E-state index in [1.165, 1.54) is 11.8 Å². The van der Waals surface area contributed by atoms with Gasteiger partial charge in [-0.25, -0.2) is 9.78 Å². The van der Waals surface area contributed by atoms with Gasteiger partial charge >= 0.3 is 5.97 Å². The van der Waals surface area contributed by atoms with Crippen molar-refractivity contribution in [1.82, 2.24) is 14.9 Å². The highest BCUT2D eigenvalue weighted by Crippen LogP contribution is 2.38. The van der Waals surface area contributed by atoms with Crippen molar-refractivity contribution < 1.29 is 19.5 Å². The first-order valence-corrected chi connectivity index (χ1v) is 12.9. The molecule has 0 radical (unpaired) electrons. The summed E-state index contributed by atoms with van der Waals surface area (Å²) in [4.78, 5) is 47.9. The number of carbonyl (C=O) groups is 3. The lowest BCUT2D eigenvalue weighted by Crippen LogP contribution is -2.53. The topological polar surface area (TPSA) is 115 Å². The van der Waals surface area contributed by atoms with Crippen LogP contribution in [0.3, 0.4) is 0 Å². The number of anilines is 1. The number of aromatic nitrogens is 2. The Morgan fingerprint density at radius 1 is 1.03 bits per heavy atom. The Labute approximate surface area is 226 Å². The van der Waals surface area contributed by atoms with Crippen molar-refractivity contribution in [1.29, 1.82) is 0 Å². The third-order valence-electron chi connectivity index (χ3n) is 7.22. The van der Waals surface area contributed by atoms with Crippen LogP contribution in [-0.2, 0) is 27.2 Å². The normalized spacial score (nSPS) is 16.5. The summed E-state index contributed by atoms with van der Waals surface area (Å²) in [6.45, 7) is 3.36. The molecule has 2 amide bonds. The van der Waals surface area contributed by atoms with Gasteiger partial charge in [0.2, 0.25) is 11.8 Å². The zero-order chi connectivity index (χ0) is 27.5. The molecular weight excluding hydrogens is 492 g/mol. The molecule has 3 aromatic carbocycles. The Bertz CT molecular complexity index is 1460. The third-order valence-corrected chi connectivity index (χ3v) is 7.22. The van der Waals surface area contributed by atoms with Gasteiger partial charge in [-0.3, -0.25) is 9.59 Å². The molecule has 2 atom stereocenters. The second-order valence-electron chi connectivity index (χ2n) is 9.87. The summed E-state index contributed by atoms with van der Waals surface area (Å²) in [6, 6.07) is 22.9. The monoisotopic (exact) mass is 522 g/mol. The van der Waals surface area contributed by atoms with Crippen LogP contribution in [0.5, 0.6) is 0 Å². The van der Waals surface area contributed by atoms with Crippen molar-refractivity contribution in [3.8, 4) is 0 Å². The first-order chi connectivity index (χ1) is 18.8. The number of aliphatic carboxylic acids is 1. The van der Waals surface area contributed by atoms with Crippen molar-refractivity contribution in [3.63, 3.8) is 0 Å². The number of H-pyrrole nitrogens is 1. The molecule has 0 saturated heterocycles. The number of rotatable bonds is 7. The van der Waals surface area contributed by atoms with Crippen molar-refractivity contribution in [2.45, 2.75) is 44.7 Å². The minimum atomic E-state index is -1.06. The number of aryl methyl sites for hydroxylation is 1. The van der Waals surface area contributed by atoms with Gasteiger partial charge < -0.3 is 20.3 Å². The largest absolute Gasteiger partial charge is 0.480 e. The fourth-order valence-electron chi connectivity index (χ4n) is 5.45. The molecule has 0 fully saturated rings. The number of carboxylic acids is 1. The van der Waals surface area contributed by atoms with E-state index in [0.717, 1.165) is 27.9 Å². The first-order valence-electron chi connectivity index (χ1n) is 12.9. The predicted octanol–water partition coefficient (Wildman–Crippen LogP) is 4.63. The average molecular weight is 523 g/mol. The number of hydrogen-bond acceptors (Lipinski definition) is 4. The highest BCUT2D eigenvalue weighted by atomic mass is 16.4. The second kappa shape index (κ2) is 10.9. The fraction of sp³-hybridized carbons (Fsp3) is 0.226. The maximum absolute atomic E-state index is 14.6. The van der Waals surface area contributed by atoms with Gasteiger partial charge in [0.15, 0.2) is 0 Å². The molecule has 5 rings (SSSR count). The van der Waals surface area contributed by atoms with Crippen LogP contribution in [0.4, 0.5) is 5.69 Å². The molecule has 1 aliphatic heterocycles. The molecule has 8 heteroatoms. The summed E-state index contributed by atoms with van der Waals surface area (Å²) in [5.41, 5.74) is 5.46. The van der Waals surface area contributed by atoms with E-state index in [1.54, 1.807) is 6.33 Å². The maximum Gasteiger partial charge on any atom is 0.326 e. The Morgan fingerprint density at radius 3 is 2.23 bits per heavy atom. The van der Waals surface area contributed by atoms with Crippen molar-refractivity contribution in [2.24, 2.45) is 0 Å². The van der Waals surface area contributed by atoms with Crippen LogP contribution in [0.2, 0.25) is 0 Å². The Hall–Kier alpha value is -4.72. The number of nitrogens with zero attached hydrogens (tertiary/aromatic N) is 2. The summed E-state index contributed by atoms with van der Waals surface area (Å²) < 4.78 is 0. The molecule has 198 valence electrons. The van der Waals surface area contributed by atoms with Gasteiger partial charge in [0.25, 0.3) is 0 Å². The zero-order valence-electron chi connectivity index (χ0n) is 21.8. The molecule has 2 heterocycles. The first kappa shape index (κ1) is 25.9. The highest BCUT2D eigenvalue weighted by molar-refractivity contribution is 5.92. The maximum atomic E-state index is 14.6. The summed E-state index contributed by atoms with van der Waals surface area (Å²) in [6.07, 6.45) is 2.07. The smallest absolute Gasteiger partial charge is 0.326 e. The van der Waals surface area contributed by atoms with Crippen LogP contribution >= 0.6 is 0 Å². The molecule has 0 saturated carbocycles. The fourth-order valence-corrected chi connectivity index (χ4v) is 5.45. The number of hydrogen-bond donors (Lipinski definition) is 3. The lowest BCUT2D eigenvalue weighted by molar-refractivity contribution is -0.154. The predicted molar refractivity (Wildman–Crippen MR) is 147 cm³/mol. The summed E-state index contributed by atoms with van der Waals surface area (Å²) in [5, 5.41) is 13.1. The van der Waals surface area contributed by atoms with E-state index < -0.39 is 24.0 Å². The third kappa shape index (κ3) is 5.31. The van der Waals surface area contributed by atoms with Crippen LogP contribution in [0.1, 0.15) is 52.5 Å². The number of fused-ring (bicyclic) bond motifs is 1. The van der Waals surface area contributed by atoms with E-state index in [2.05, 4.69) is 15.3 Å². The number of carbonyl (C=O) groups excluding carboxylic acids is 2. The van der Waals surface area contributed by atoms with Gasteiger partial charge in [0.1, 0.15) is 6.04 Å². The lowest BCUT2D eigenvalue weighted by atomic mass is 9.85. The van der Waals surface area contributed by atoms with Crippen LogP contribution in [0.25, 0.3) is 0 Å². The van der Waals surface area contributed by atoms with Gasteiger partial charge in [-0.1, -0.05) is 72.8 Å². The summed E-state index contributed by atoms with van der Waals surface area (Å²) in [5.74, 6) is -2.19. The van der Waals surface area contributed by atoms with Crippen molar-refractivity contribution in [2.75, 3.05) is 5.32 Å². The van der Waals surface area contributed by atoms with Gasteiger partial charge in [-0.05, 0) is 41.7 Å². The number of carboxylic acid groups (broad SMARTS) is 1. The number of nitrogens with one attached hydrogen (secondary N) is 2. The molecule has 0 bridgehead atoms. The van der Waals surface area contributed by atoms with E-state index in [1.807, 2.05) is 85.8 Å². The Balaban J connectivity index is 1.60. The van der Waals surface area contributed by atoms with E-state index in [9.17, 15) is 19.5 Å². The van der Waals surface area contributed by atoms with Gasteiger partial charge in [0, 0.05) is 24.7 Å². The van der Waals surface area contributed by atoms with Crippen molar-refractivity contribution >= 4 is 23.5 Å². The lowest BCUT2D eigenvalue weighted by Gasteiger charge is -2.41. The van der Waals surface area contributed by atoms with E-state index >= 15 is 0 Å². The number of benzene rings is 3. The van der Waals surface area contributed by atoms with Crippen LogP contribution < -0.4 is 5.32 Å². The standard InChI is InChI=1S/C31H30N4O4/c1-19-15-21(13-14-24(19)34-20(2)36)16-26-29-25(32-18-33-29)17-27(31(38)39)35(26)30(37)28(22-9-5-3-6-10-22)23-11-7-4-8-12-23/h3-15,18,26-28H,16-17H2,1-2H3,(H,32,33)(H,34,36)(H,38,39)/t26?,27-/m0/s1. The molecule has 4 aromatic rings. The molecule has 0 spiro atoms. The molecule has 1 aliphatic rings. The van der Waals surface area contributed by atoms with E-state index in [0.29, 0.717) is 17.8 Å². The minimum absolute atomic E-state index is 0.143. The quantitative estimate of drug-likeness (QED) is 0.327. The van der Waals surface area contributed by atoms with Crippen LogP contribution in [-0.4, -0.2) is 43.8 Å². The van der Waals surface area contributed by atoms with Crippen LogP contribution in [0.15, 0.2) is 85.2 Å². The van der Waals surface area contributed by atoms with E-state index in [-0.39, 0.29) is 18.2 Å². The number of aromatic amines is 1. The number of imidazole rings is 1. The minimum Gasteiger partial charge on any atom is -0.480 e. The molecule has 3 N–H and O–H groups in total. The van der Waals surface area contributed by atoms with Gasteiger partial charge in [-0.15, -0.1) is 0 Å². The molecule has 1 unspecified atom stereocenters. The second-order valence-corrected chi connectivity index (χ2v) is 9.87. The molecule has 1 aromatic heterocycles. The SMILES string of the molecule is CC(=O)Nc1ccc(CC2c3nc[nH]c3C[C@@H](C(=O)O)N2C(=O)C(c2ccccc2)c2ccccc2)cc1C. The summed E-state index contributed by atoms with van der Waals surface area (Å²) in [7, 11) is 0. The number of amides is 2. The van der Waals surface area contributed by atoms with Gasteiger partial charge in [0.05, 0.1) is 24.0 Å². The highest BCUT2D eigenvalue weighted by Gasteiger charge is 2.45. The van der Waals surface area contributed by atoms with Crippen LogP contribution in [0, 0.1) is 6.92 Å². The van der Waals surface area contributed by atoms with Gasteiger partial charge in [-0.2, -0.15) is 0 Å². The Morgan fingerprint density at radius 2 is 1.67 bits per heavy atom. The molecule has 39 heavy (non-hydrogen) atoms. The molecule has 8 nitrogen and oxygen atoms in total.